The third-order valence-corrected chi connectivity index (χ3v) is 6.33. The summed E-state index contributed by atoms with van der Waals surface area (Å²) in [5.74, 6) is 0. The van der Waals surface area contributed by atoms with Gasteiger partial charge in [0.05, 0.1) is 30.4 Å². The lowest BCUT2D eigenvalue weighted by Crippen LogP contribution is -2.43. The van der Waals surface area contributed by atoms with Crippen LogP contribution < -0.4 is 5.32 Å². The number of nitrogens with zero attached hydrogens (tertiary/aromatic N) is 1. The van der Waals surface area contributed by atoms with E-state index in [2.05, 4.69) is 23.5 Å². The summed E-state index contributed by atoms with van der Waals surface area (Å²) in [5.41, 5.74) is 2.66. The van der Waals surface area contributed by atoms with Gasteiger partial charge in [-0.15, -0.1) is 0 Å². The molecule has 3 aromatic carbocycles. The summed E-state index contributed by atoms with van der Waals surface area (Å²) < 4.78 is 45.6. The number of hydrogen-bond acceptors (Lipinski definition) is 3. The summed E-state index contributed by atoms with van der Waals surface area (Å²) in [5, 5.41) is 12.9. The number of hydrogen-bond donors (Lipinski definition) is 1. The van der Waals surface area contributed by atoms with Crippen LogP contribution in [0.25, 0.3) is 11.1 Å². The molecular formula is C27H25F3N2O. The average molecular weight is 451 g/mol. The summed E-state index contributed by atoms with van der Waals surface area (Å²) in [6.07, 6.45) is -2.51. The summed E-state index contributed by atoms with van der Waals surface area (Å²) >= 11 is 0. The first-order chi connectivity index (χ1) is 15.9. The Bertz CT molecular complexity index is 1130. The number of alkyl halides is 3. The highest BCUT2D eigenvalue weighted by Gasteiger charge is 2.34. The minimum atomic E-state index is -4.41. The van der Waals surface area contributed by atoms with Gasteiger partial charge in [0.15, 0.2) is 0 Å². The van der Waals surface area contributed by atoms with E-state index in [-0.39, 0.29) is 12.0 Å². The fraction of sp³-hybridized carbons (Fsp3) is 0.296. The Morgan fingerprint density at radius 1 is 0.909 bits per heavy atom. The molecular weight excluding hydrogens is 425 g/mol. The molecule has 170 valence electrons. The molecule has 6 heteroatoms. The van der Waals surface area contributed by atoms with Gasteiger partial charge in [-0.05, 0) is 72.5 Å². The van der Waals surface area contributed by atoms with Gasteiger partial charge in [0.2, 0.25) is 0 Å². The Hall–Kier alpha value is -3.14. The van der Waals surface area contributed by atoms with E-state index in [1.807, 2.05) is 18.2 Å². The van der Waals surface area contributed by atoms with Crippen LogP contribution in [0.5, 0.6) is 0 Å². The van der Waals surface area contributed by atoms with E-state index in [1.54, 1.807) is 24.3 Å². The fourth-order valence-corrected chi connectivity index (χ4v) is 4.45. The molecule has 0 aliphatic carbocycles. The molecule has 1 aliphatic heterocycles. The number of nitriles is 1. The Morgan fingerprint density at radius 3 is 2.33 bits per heavy atom. The smallest absolute Gasteiger partial charge is 0.376 e. The van der Waals surface area contributed by atoms with E-state index in [0.29, 0.717) is 28.9 Å². The molecule has 0 unspecified atom stereocenters. The lowest BCUT2D eigenvalue weighted by atomic mass is 9.74. The Kier molecular flexibility index (Phi) is 6.83. The first kappa shape index (κ1) is 23.0. The van der Waals surface area contributed by atoms with Gasteiger partial charge >= 0.3 is 6.18 Å². The van der Waals surface area contributed by atoms with Gasteiger partial charge in [-0.1, -0.05) is 48.5 Å². The highest BCUT2D eigenvalue weighted by molar-refractivity contribution is 5.66. The lowest BCUT2D eigenvalue weighted by Gasteiger charge is -2.38. The molecule has 0 amide bonds. The van der Waals surface area contributed by atoms with Crippen molar-refractivity contribution in [3.63, 3.8) is 0 Å². The monoisotopic (exact) mass is 450 g/mol. The van der Waals surface area contributed by atoms with Crippen LogP contribution in [0.3, 0.4) is 0 Å². The molecule has 4 rings (SSSR count). The second kappa shape index (κ2) is 9.78. The Balaban J connectivity index is 1.55. The summed E-state index contributed by atoms with van der Waals surface area (Å²) in [6.45, 7) is 2.55. The van der Waals surface area contributed by atoms with Crippen molar-refractivity contribution in [3.05, 3.63) is 95.1 Å². The van der Waals surface area contributed by atoms with Crippen LogP contribution >= 0.6 is 0 Å². The van der Waals surface area contributed by atoms with Crippen molar-refractivity contribution in [3.8, 4) is 17.2 Å². The summed E-state index contributed by atoms with van der Waals surface area (Å²) in [4.78, 5) is 0. The molecule has 0 bridgehead atoms. The van der Waals surface area contributed by atoms with Gasteiger partial charge in [0.1, 0.15) is 0 Å². The maximum Gasteiger partial charge on any atom is 0.416 e. The molecule has 0 spiro atoms. The van der Waals surface area contributed by atoms with Gasteiger partial charge < -0.3 is 10.1 Å². The topological polar surface area (TPSA) is 45.0 Å². The van der Waals surface area contributed by atoms with Crippen molar-refractivity contribution in [2.24, 2.45) is 0 Å². The minimum absolute atomic E-state index is 0.0992. The number of piperidine rings is 1. The highest BCUT2D eigenvalue weighted by atomic mass is 19.4. The second-order valence-corrected chi connectivity index (χ2v) is 8.45. The van der Waals surface area contributed by atoms with E-state index in [9.17, 15) is 18.4 Å². The predicted molar refractivity (Wildman–Crippen MR) is 121 cm³/mol. The van der Waals surface area contributed by atoms with Crippen molar-refractivity contribution in [2.45, 2.75) is 31.0 Å². The van der Waals surface area contributed by atoms with Crippen LogP contribution in [0, 0.1) is 11.3 Å². The first-order valence-corrected chi connectivity index (χ1v) is 11.0. The van der Waals surface area contributed by atoms with Gasteiger partial charge in [0, 0.05) is 5.41 Å². The molecule has 1 saturated heterocycles. The van der Waals surface area contributed by atoms with Crippen molar-refractivity contribution >= 4 is 0 Å². The highest BCUT2D eigenvalue weighted by Crippen LogP contribution is 2.35. The maximum atomic E-state index is 13.1. The third kappa shape index (κ3) is 5.27. The summed E-state index contributed by atoms with van der Waals surface area (Å²) in [6, 6.07) is 22.8. The molecule has 3 nitrogen and oxygen atoms in total. The zero-order chi connectivity index (χ0) is 23.3. The second-order valence-electron chi connectivity index (χ2n) is 8.45. The molecule has 0 atom stereocenters. The molecule has 0 radical (unpaired) electrons. The van der Waals surface area contributed by atoms with Crippen molar-refractivity contribution in [1.82, 2.24) is 5.32 Å². The normalized spacial score (nSPS) is 15.7. The van der Waals surface area contributed by atoms with Gasteiger partial charge in [-0.25, -0.2) is 0 Å². The molecule has 0 saturated carbocycles. The molecule has 1 heterocycles. The quantitative estimate of drug-likeness (QED) is 0.495. The van der Waals surface area contributed by atoms with E-state index in [4.69, 9.17) is 4.74 Å². The molecule has 3 aromatic rings. The van der Waals surface area contributed by atoms with Gasteiger partial charge in [-0.3, -0.25) is 0 Å². The molecule has 1 fully saturated rings. The van der Waals surface area contributed by atoms with Crippen LogP contribution in [-0.4, -0.2) is 19.7 Å². The van der Waals surface area contributed by atoms with Crippen LogP contribution in [-0.2, 0) is 22.9 Å². The number of benzene rings is 3. The van der Waals surface area contributed by atoms with E-state index in [1.165, 1.54) is 11.6 Å². The SMILES string of the molecule is N#Cc1ccc(-c2cccc(C(F)(F)F)c2)cc1COCC1(c2ccccc2)CCNCC1. The van der Waals surface area contributed by atoms with Crippen molar-refractivity contribution in [2.75, 3.05) is 19.7 Å². The predicted octanol–water partition coefficient (Wildman–Crippen LogP) is 6.08. The number of ether oxygens (including phenoxy) is 1. The standard InChI is InChI=1S/C27H25F3N2O/c28-27(29,30)25-8-4-5-20(16-25)21-9-10-22(17-31)23(15-21)18-33-19-26(11-13-32-14-12-26)24-6-2-1-3-7-24/h1-10,15-16,32H,11-14,18-19H2. The number of rotatable bonds is 6. The summed E-state index contributed by atoms with van der Waals surface area (Å²) in [7, 11) is 0. The average Bonchev–Trinajstić information content (AvgIpc) is 2.85. The van der Waals surface area contributed by atoms with Crippen molar-refractivity contribution in [1.29, 1.82) is 5.26 Å². The van der Waals surface area contributed by atoms with Crippen LogP contribution in [0.15, 0.2) is 72.8 Å². The molecule has 0 aromatic heterocycles. The Labute approximate surface area is 191 Å². The van der Waals surface area contributed by atoms with Crippen LogP contribution in [0.4, 0.5) is 13.2 Å². The van der Waals surface area contributed by atoms with E-state index < -0.39 is 11.7 Å². The molecule has 1 aliphatic rings. The minimum Gasteiger partial charge on any atom is -0.376 e. The zero-order valence-electron chi connectivity index (χ0n) is 18.2. The zero-order valence-corrected chi connectivity index (χ0v) is 18.2. The first-order valence-electron chi connectivity index (χ1n) is 11.0. The van der Waals surface area contributed by atoms with Crippen molar-refractivity contribution < 1.29 is 17.9 Å². The molecule has 33 heavy (non-hydrogen) atoms. The molecule has 1 N–H and O–H groups in total. The van der Waals surface area contributed by atoms with Crippen LogP contribution in [0.1, 0.15) is 35.1 Å². The van der Waals surface area contributed by atoms with Gasteiger partial charge in [0.25, 0.3) is 0 Å². The maximum absolute atomic E-state index is 13.1. The largest absolute Gasteiger partial charge is 0.416 e. The van der Waals surface area contributed by atoms with E-state index >= 15 is 0 Å². The number of nitrogens with one attached hydrogen (secondary N) is 1. The van der Waals surface area contributed by atoms with E-state index in [0.717, 1.165) is 38.1 Å². The third-order valence-electron chi connectivity index (χ3n) is 6.33. The Morgan fingerprint density at radius 2 is 1.64 bits per heavy atom. The lowest BCUT2D eigenvalue weighted by molar-refractivity contribution is -0.137. The van der Waals surface area contributed by atoms with Crippen LogP contribution in [0.2, 0.25) is 0 Å². The number of halogens is 3. The van der Waals surface area contributed by atoms with Gasteiger partial charge in [-0.2, -0.15) is 18.4 Å². The fourth-order valence-electron chi connectivity index (χ4n) is 4.45.